The van der Waals surface area contributed by atoms with E-state index < -0.39 is 15.9 Å². The molecule has 0 aliphatic carbocycles. The number of thiophene rings is 1. The number of sulfone groups is 1. The van der Waals surface area contributed by atoms with E-state index in [2.05, 4.69) is 5.32 Å². The van der Waals surface area contributed by atoms with E-state index in [-0.39, 0.29) is 18.1 Å². The minimum Gasteiger partial charge on any atom is -0.497 e. The molecule has 6 nitrogen and oxygen atoms in total. The lowest BCUT2D eigenvalue weighted by molar-refractivity contribution is -0.122. The van der Waals surface area contributed by atoms with Gasteiger partial charge in [0.15, 0.2) is 0 Å². The summed E-state index contributed by atoms with van der Waals surface area (Å²) >= 11 is 1.54. The lowest BCUT2D eigenvalue weighted by Crippen LogP contribution is -2.41. The SMILES string of the molecule is COc1ccc(-c2csc(CNC(=O)C(N)CCS(C)(=O)=O)c2)cc1. The van der Waals surface area contributed by atoms with Gasteiger partial charge in [-0.25, -0.2) is 8.42 Å². The van der Waals surface area contributed by atoms with E-state index in [0.717, 1.165) is 28.0 Å². The fourth-order valence-corrected chi connectivity index (χ4v) is 3.70. The van der Waals surface area contributed by atoms with E-state index in [4.69, 9.17) is 10.5 Å². The standard InChI is InChI=1S/C17H22N2O4S2/c1-23-14-5-3-12(4-6-14)13-9-15(24-11-13)10-19-17(20)16(18)7-8-25(2,21)22/h3-6,9,11,16H,7-8,10,18H2,1-2H3,(H,19,20). The zero-order chi connectivity index (χ0) is 18.4. The van der Waals surface area contributed by atoms with E-state index in [9.17, 15) is 13.2 Å². The van der Waals surface area contributed by atoms with Gasteiger partial charge in [0, 0.05) is 11.1 Å². The zero-order valence-corrected chi connectivity index (χ0v) is 15.8. The summed E-state index contributed by atoms with van der Waals surface area (Å²) in [5.74, 6) is 0.361. The highest BCUT2D eigenvalue weighted by Crippen LogP contribution is 2.27. The Hall–Kier alpha value is -1.90. The van der Waals surface area contributed by atoms with E-state index in [1.807, 2.05) is 35.7 Å². The maximum atomic E-state index is 11.9. The molecular weight excluding hydrogens is 360 g/mol. The molecule has 136 valence electrons. The Morgan fingerprint density at radius 1 is 1.28 bits per heavy atom. The van der Waals surface area contributed by atoms with Gasteiger partial charge in [0.2, 0.25) is 5.91 Å². The van der Waals surface area contributed by atoms with Gasteiger partial charge in [0.25, 0.3) is 0 Å². The number of nitrogens with one attached hydrogen (secondary N) is 1. The predicted molar refractivity (Wildman–Crippen MR) is 100 cm³/mol. The summed E-state index contributed by atoms with van der Waals surface area (Å²) in [6, 6.07) is 8.93. The highest BCUT2D eigenvalue weighted by Gasteiger charge is 2.16. The van der Waals surface area contributed by atoms with Crippen LogP contribution in [0.5, 0.6) is 5.75 Å². The van der Waals surface area contributed by atoms with Crippen LogP contribution in [0, 0.1) is 0 Å². The van der Waals surface area contributed by atoms with Crippen LogP contribution in [0.25, 0.3) is 11.1 Å². The molecule has 1 amide bonds. The van der Waals surface area contributed by atoms with Crippen LogP contribution < -0.4 is 15.8 Å². The first-order valence-electron chi connectivity index (χ1n) is 7.71. The van der Waals surface area contributed by atoms with Crippen molar-refractivity contribution in [2.75, 3.05) is 19.1 Å². The minimum absolute atomic E-state index is 0.0950. The summed E-state index contributed by atoms with van der Waals surface area (Å²) in [5.41, 5.74) is 7.86. The van der Waals surface area contributed by atoms with E-state index in [1.165, 1.54) is 0 Å². The third-order valence-electron chi connectivity index (χ3n) is 3.65. The fraction of sp³-hybridized carbons (Fsp3) is 0.353. The van der Waals surface area contributed by atoms with Crippen LogP contribution in [-0.4, -0.2) is 39.5 Å². The number of rotatable bonds is 8. The minimum atomic E-state index is -3.12. The van der Waals surface area contributed by atoms with Crippen molar-refractivity contribution in [2.45, 2.75) is 19.0 Å². The Kier molecular flexibility index (Phi) is 6.57. The number of carbonyl (C=O) groups excluding carboxylic acids is 1. The summed E-state index contributed by atoms with van der Waals surface area (Å²) < 4.78 is 27.4. The third kappa shape index (κ3) is 6.15. The highest BCUT2D eigenvalue weighted by atomic mass is 32.2. The largest absolute Gasteiger partial charge is 0.497 e. The van der Waals surface area contributed by atoms with Crippen LogP contribution in [0.3, 0.4) is 0 Å². The molecule has 0 spiro atoms. The molecule has 3 N–H and O–H groups in total. The van der Waals surface area contributed by atoms with Gasteiger partial charge < -0.3 is 15.8 Å². The first-order valence-corrected chi connectivity index (χ1v) is 10.7. The van der Waals surface area contributed by atoms with Crippen LogP contribution in [0.4, 0.5) is 0 Å². The van der Waals surface area contributed by atoms with E-state index in [0.29, 0.717) is 6.54 Å². The van der Waals surface area contributed by atoms with Crippen LogP contribution in [0.15, 0.2) is 35.7 Å². The van der Waals surface area contributed by atoms with Crippen molar-refractivity contribution >= 4 is 27.1 Å². The second-order valence-corrected chi connectivity index (χ2v) is 9.03. The molecule has 0 saturated heterocycles. The number of methoxy groups -OCH3 is 1. The molecule has 0 saturated carbocycles. The number of benzene rings is 1. The number of carbonyl (C=O) groups is 1. The fourth-order valence-electron chi connectivity index (χ4n) is 2.19. The summed E-state index contributed by atoms with van der Waals surface area (Å²) in [6.07, 6.45) is 1.25. The third-order valence-corrected chi connectivity index (χ3v) is 5.56. The van der Waals surface area contributed by atoms with Crippen LogP contribution >= 0.6 is 11.3 Å². The maximum absolute atomic E-state index is 11.9. The second-order valence-electron chi connectivity index (χ2n) is 5.77. The molecule has 1 heterocycles. The highest BCUT2D eigenvalue weighted by molar-refractivity contribution is 7.90. The maximum Gasteiger partial charge on any atom is 0.237 e. The van der Waals surface area contributed by atoms with Crippen molar-refractivity contribution in [2.24, 2.45) is 5.73 Å². The van der Waals surface area contributed by atoms with Gasteiger partial charge in [-0.1, -0.05) is 12.1 Å². The Bertz CT molecular complexity index is 813. The Morgan fingerprint density at radius 3 is 2.56 bits per heavy atom. The van der Waals surface area contributed by atoms with Crippen LogP contribution in [-0.2, 0) is 21.2 Å². The molecule has 0 fully saturated rings. The van der Waals surface area contributed by atoms with Crippen molar-refractivity contribution in [1.82, 2.24) is 5.32 Å². The normalized spacial score (nSPS) is 12.6. The molecule has 8 heteroatoms. The van der Waals surface area contributed by atoms with Crippen molar-refractivity contribution < 1.29 is 17.9 Å². The van der Waals surface area contributed by atoms with E-state index in [1.54, 1.807) is 18.4 Å². The monoisotopic (exact) mass is 382 g/mol. The van der Waals surface area contributed by atoms with Crippen molar-refractivity contribution in [3.63, 3.8) is 0 Å². The van der Waals surface area contributed by atoms with Gasteiger partial charge in [0.05, 0.1) is 25.4 Å². The first kappa shape index (κ1) is 19.4. The molecule has 1 atom stereocenters. The summed E-state index contributed by atoms with van der Waals surface area (Å²) in [7, 11) is -1.49. The van der Waals surface area contributed by atoms with E-state index >= 15 is 0 Å². The number of ether oxygens (including phenoxy) is 1. The van der Waals surface area contributed by atoms with Crippen LogP contribution in [0.2, 0.25) is 0 Å². The van der Waals surface area contributed by atoms with Crippen LogP contribution in [0.1, 0.15) is 11.3 Å². The molecule has 0 aliphatic heterocycles. The summed E-state index contributed by atoms with van der Waals surface area (Å²) in [6.45, 7) is 0.367. The topological polar surface area (TPSA) is 98.5 Å². The molecule has 0 aliphatic rings. The Labute approximate surface area is 151 Å². The molecule has 0 radical (unpaired) electrons. The second kappa shape index (κ2) is 8.46. The molecular formula is C17H22N2O4S2. The zero-order valence-electron chi connectivity index (χ0n) is 14.2. The molecule has 2 aromatic rings. The average molecular weight is 383 g/mol. The lowest BCUT2D eigenvalue weighted by atomic mass is 10.1. The van der Waals surface area contributed by atoms with Gasteiger partial charge >= 0.3 is 0 Å². The summed E-state index contributed by atoms with van der Waals surface area (Å²) in [4.78, 5) is 12.9. The Morgan fingerprint density at radius 2 is 1.96 bits per heavy atom. The van der Waals surface area contributed by atoms with Crippen molar-refractivity contribution in [3.05, 3.63) is 40.6 Å². The molecule has 1 unspecified atom stereocenters. The predicted octanol–water partition coefficient (Wildman–Crippen LogP) is 1.80. The van der Waals surface area contributed by atoms with Crippen molar-refractivity contribution in [1.29, 1.82) is 0 Å². The number of amides is 1. The Balaban J connectivity index is 1.89. The number of hydrogen-bond acceptors (Lipinski definition) is 6. The summed E-state index contributed by atoms with van der Waals surface area (Å²) in [5, 5.41) is 4.77. The molecule has 1 aromatic heterocycles. The quantitative estimate of drug-likeness (QED) is 0.725. The average Bonchev–Trinajstić information content (AvgIpc) is 3.06. The van der Waals surface area contributed by atoms with Gasteiger partial charge in [-0.15, -0.1) is 11.3 Å². The lowest BCUT2D eigenvalue weighted by Gasteiger charge is -2.10. The molecule has 25 heavy (non-hydrogen) atoms. The van der Waals surface area contributed by atoms with Gasteiger partial charge in [-0.3, -0.25) is 4.79 Å². The molecule has 1 aromatic carbocycles. The number of nitrogens with two attached hydrogens (primary N) is 1. The smallest absolute Gasteiger partial charge is 0.237 e. The number of hydrogen-bond donors (Lipinski definition) is 2. The molecule has 2 rings (SSSR count). The first-order chi connectivity index (χ1) is 11.8. The van der Waals surface area contributed by atoms with Gasteiger partial charge in [0.1, 0.15) is 15.6 Å². The van der Waals surface area contributed by atoms with Gasteiger partial charge in [-0.05, 0) is 41.1 Å². The molecule has 0 bridgehead atoms. The van der Waals surface area contributed by atoms with Gasteiger partial charge in [-0.2, -0.15) is 0 Å². The van der Waals surface area contributed by atoms with Crippen molar-refractivity contribution in [3.8, 4) is 16.9 Å².